The van der Waals surface area contributed by atoms with E-state index < -0.39 is 12.1 Å². The molecule has 0 saturated carbocycles. The van der Waals surface area contributed by atoms with E-state index in [-0.39, 0.29) is 12.3 Å². The van der Waals surface area contributed by atoms with Gasteiger partial charge in [0.25, 0.3) is 0 Å². The lowest BCUT2D eigenvalue weighted by atomic mass is 10.1. The molecular formula is C5H12N2O2. The summed E-state index contributed by atoms with van der Waals surface area (Å²) >= 11 is 0. The number of primary amides is 1. The van der Waals surface area contributed by atoms with Crippen LogP contribution in [0.5, 0.6) is 0 Å². The Hall–Kier alpha value is -0.610. The molecule has 0 heterocycles. The summed E-state index contributed by atoms with van der Waals surface area (Å²) in [5.41, 5.74) is 9.86. The van der Waals surface area contributed by atoms with Crippen LogP contribution in [0.25, 0.3) is 0 Å². The zero-order valence-corrected chi connectivity index (χ0v) is 5.37. The van der Waals surface area contributed by atoms with E-state index in [2.05, 4.69) is 0 Å². The highest BCUT2D eigenvalue weighted by Gasteiger charge is 2.10. The van der Waals surface area contributed by atoms with Crippen LogP contribution in [0.4, 0.5) is 0 Å². The molecular weight excluding hydrogens is 120 g/mol. The lowest BCUT2D eigenvalue weighted by Crippen LogP contribution is -2.30. The average Bonchev–Trinajstić information content (AvgIpc) is 1.63. The van der Waals surface area contributed by atoms with E-state index in [1.165, 1.54) is 0 Å². The molecule has 0 saturated heterocycles. The van der Waals surface area contributed by atoms with Gasteiger partial charge in [-0.15, -0.1) is 0 Å². The van der Waals surface area contributed by atoms with Crippen LogP contribution in [0.3, 0.4) is 0 Å². The summed E-state index contributed by atoms with van der Waals surface area (Å²) in [6.45, 7) is 1.66. The first-order valence-corrected chi connectivity index (χ1v) is 2.76. The van der Waals surface area contributed by atoms with Crippen molar-refractivity contribution in [2.45, 2.75) is 19.6 Å². The number of hydrogen-bond donors (Lipinski definition) is 3. The Kier molecular flexibility index (Phi) is 3.19. The normalized spacial score (nSPS) is 16.8. The van der Waals surface area contributed by atoms with Crippen LogP contribution in [-0.2, 0) is 4.79 Å². The van der Waals surface area contributed by atoms with E-state index in [0.29, 0.717) is 0 Å². The van der Waals surface area contributed by atoms with Crippen molar-refractivity contribution in [3.05, 3.63) is 0 Å². The van der Waals surface area contributed by atoms with Gasteiger partial charge in [-0.25, -0.2) is 0 Å². The number of aliphatic hydroxyl groups is 1. The van der Waals surface area contributed by atoms with E-state index >= 15 is 0 Å². The van der Waals surface area contributed by atoms with Crippen molar-refractivity contribution < 1.29 is 9.90 Å². The number of nitrogens with two attached hydrogens (primary N) is 2. The van der Waals surface area contributed by atoms with Crippen molar-refractivity contribution in [1.82, 2.24) is 0 Å². The molecule has 1 unspecified atom stereocenters. The molecule has 0 aliphatic heterocycles. The number of amides is 1. The second-order valence-electron chi connectivity index (χ2n) is 2.14. The minimum atomic E-state index is -0.947. The third-order valence-corrected chi connectivity index (χ3v) is 1.11. The van der Waals surface area contributed by atoms with Crippen LogP contribution in [-0.4, -0.2) is 17.2 Å². The van der Waals surface area contributed by atoms with Crippen molar-refractivity contribution in [3.63, 3.8) is 0 Å². The highest BCUT2D eigenvalue weighted by molar-refractivity contribution is 5.73. The molecule has 0 radical (unpaired) electrons. The molecule has 54 valence electrons. The number of hydrogen-bond acceptors (Lipinski definition) is 3. The molecule has 5 N–H and O–H groups in total. The van der Waals surface area contributed by atoms with Crippen LogP contribution < -0.4 is 11.5 Å². The van der Waals surface area contributed by atoms with Crippen LogP contribution in [0.1, 0.15) is 13.3 Å². The lowest BCUT2D eigenvalue weighted by molar-refractivity contribution is -0.119. The maximum atomic E-state index is 10.2. The molecule has 0 aliphatic carbocycles. The van der Waals surface area contributed by atoms with Crippen molar-refractivity contribution in [3.8, 4) is 0 Å². The van der Waals surface area contributed by atoms with Gasteiger partial charge in [-0.05, 0) is 0 Å². The Balaban J connectivity index is 3.50. The highest BCUT2D eigenvalue weighted by atomic mass is 16.3. The van der Waals surface area contributed by atoms with Gasteiger partial charge in [0.1, 0.15) is 6.23 Å². The maximum Gasteiger partial charge on any atom is 0.217 e. The molecule has 0 aromatic carbocycles. The summed E-state index contributed by atoms with van der Waals surface area (Å²) in [6, 6.07) is 0. The summed E-state index contributed by atoms with van der Waals surface area (Å²) in [4.78, 5) is 10.2. The average molecular weight is 132 g/mol. The Morgan fingerprint density at radius 1 is 1.78 bits per heavy atom. The van der Waals surface area contributed by atoms with E-state index in [1.807, 2.05) is 0 Å². The van der Waals surface area contributed by atoms with Gasteiger partial charge < -0.3 is 16.6 Å². The summed E-state index contributed by atoms with van der Waals surface area (Å²) in [7, 11) is 0. The lowest BCUT2D eigenvalue weighted by Gasteiger charge is -2.10. The molecule has 0 fully saturated rings. The van der Waals surface area contributed by atoms with Gasteiger partial charge in [0.15, 0.2) is 0 Å². The van der Waals surface area contributed by atoms with Gasteiger partial charge in [0, 0.05) is 12.3 Å². The fourth-order valence-corrected chi connectivity index (χ4v) is 0.438. The molecule has 2 atom stereocenters. The predicted molar refractivity (Wildman–Crippen MR) is 33.2 cm³/mol. The standard InChI is InChI=1S/C5H12N2O2/c1-3(5(7)9)2-4(6)8/h3,5,9H,2,7H2,1H3,(H2,6,8)/t3?,5-/m0/s1. The number of carbonyl (C=O) groups is 1. The molecule has 0 spiro atoms. The van der Waals surface area contributed by atoms with Crippen LogP contribution >= 0.6 is 0 Å². The smallest absolute Gasteiger partial charge is 0.217 e. The topological polar surface area (TPSA) is 89.3 Å². The van der Waals surface area contributed by atoms with Crippen LogP contribution in [0.2, 0.25) is 0 Å². The molecule has 0 aliphatic rings. The Bertz CT molecular complexity index is 103. The predicted octanol–water partition coefficient (Wildman–Crippen LogP) is -1.22. The van der Waals surface area contributed by atoms with E-state index in [9.17, 15) is 4.79 Å². The SMILES string of the molecule is CC(CC(N)=O)[C@@H](N)O. The van der Waals surface area contributed by atoms with Crippen LogP contribution in [0.15, 0.2) is 0 Å². The zero-order chi connectivity index (χ0) is 7.44. The van der Waals surface area contributed by atoms with Gasteiger partial charge in [-0.3, -0.25) is 4.79 Å². The van der Waals surface area contributed by atoms with Crippen LogP contribution in [0, 0.1) is 5.92 Å². The molecule has 0 aromatic heterocycles. The first kappa shape index (κ1) is 8.39. The summed E-state index contributed by atoms with van der Waals surface area (Å²) in [5.74, 6) is -0.686. The second kappa shape index (κ2) is 3.42. The molecule has 4 nitrogen and oxygen atoms in total. The van der Waals surface area contributed by atoms with Gasteiger partial charge in [0.05, 0.1) is 0 Å². The summed E-state index contributed by atoms with van der Waals surface area (Å²) in [6.07, 6.45) is -0.810. The van der Waals surface area contributed by atoms with E-state index in [4.69, 9.17) is 16.6 Å². The monoisotopic (exact) mass is 132 g/mol. The van der Waals surface area contributed by atoms with Crippen molar-refractivity contribution in [2.24, 2.45) is 17.4 Å². The third kappa shape index (κ3) is 3.93. The quantitative estimate of drug-likeness (QED) is 0.420. The van der Waals surface area contributed by atoms with E-state index in [0.717, 1.165) is 0 Å². The molecule has 0 aromatic rings. The third-order valence-electron chi connectivity index (χ3n) is 1.11. The number of carbonyl (C=O) groups excluding carboxylic acids is 1. The minimum absolute atomic E-state index is 0.137. The Morgan fingerprint density at radius 3 is 2.33 bits per heavy atom. The van der Waals surface area contributed by atoms with Gasteiger partial charge in [-0.1, -0.05) is 6.92 Å². The summed E-state index contributed by atoms with van der Waals surface area (Å²) < 4.78 is 0. The molecule has 0 bridgehead atoms. The highest BCUT2D eigenvalue weighted by Crippen LogP contribution is 2.01. The van der Waals surface area contributed by atoms with Crippen molar-refractivity contribution in [2.75, 3.05) is 0 Å². The van der Waals surface area contributed by atoms with Gasteiger partial charge in [-0.2, -0.15) is 0 Å². The second-order valence-corrected chi connectivity index (χ2v) is 2.14. The fourth-order valence-electron chi connectivity index (χ4n) is 0.438. The van der Waals surface area contributed by atoms with Crippen molar-refractivity contribution in [1.29, 1.82) is 0 Å². The maximum absolute atomic E-state index is 10.2. The molecule has 9 heavy (non-hydrogen) atoms. The number of aliphatic hydroxyl groups excluding tert-OH is 1. The number of rotatable bonds is 3. The minimum Gasteiger partial charge on any atom is -0.379 e. The first-order valence-electron chi connectivity index (χ1n) is 2.76. The zero-order valence-electron chi connectivity index (χ0n) is 5.37. The van der Waals surface area contributed by atoms with Crippen molar-refractivity contribution >= 4 is 5.91 Å². The Morgan fingerprint density at radius 2 is 2.22 bits per heavy atom. The van der Waals surface area contributed by atoms with E-state index in [1.54, 1.807) is 6.92 Å². The largest absolute Gasteiger partial charge is 0.379 e. The molecule has 0 rings (SSSR count). The summed E-state index contributed by atoms with van der Waals surface area (Å²) in [5, 5.41) is 8.64. The molecule has 4 heteroatoms. The molecule has 1 amide bonds. The fraction of sp³-hybridized carbons (Fsp3) is 0.800. The Labute approximate surface area is 53.8 Å². The van der Waals surface area contributed by atoms with Gasteiger partial charge in [0.2, 0.25) is 5.91 Å². The van der Waals surface area contributed by atoms with Gasteiger partial charge >= 0.3 is 0 Å². The first-order chi connectivity index (χ1) is 4.04.